The molecule has 0 N–H and O–H groups in total. The molecule has 2 aliphatic heterocycles. The molecule has 12 aromatic carbocycles. The first-order valence-corrected chi connectivity index (χ1v) is 27.2. The van der Waals surface area contributed by atoms with Crippen molar-refractivity contribution in [3.63, 3.8) is 0 Å². The van der Waals surface area contributed by atoms with E-state index in [1.807, 2.05) is 23.5 Å². The molecule has 0 saturated carbocycles. The average molecular weight is 979 g/mol. The number of fused-ring (bicyclic) bond motifs is 8. The van der Waals surface area contributed by atoms with Gasteiger partial charge >= 0.3 is 0 Å². The van der Waals surface area contributed by atoms with Crippen LogP contribution in [0, 0.1) is 0 Å². The molecule has 0 aromatic heterocycles. The Hall–Kier alpha value is -8.54. The number of hydrogen-bond acceptors (Lipinski definition) is 4. The number of anilines is 6. The second-order valence-corrected chi connectivity index (χ2v) is 21.7. The van der Waals surface area contributed by atoms with Gasteiger partial charge in [0.1, 0.15) is 0 Å². The van der Waals surface area contributed by atoms with Gasteiger partial charge in [0, 0.05) is 31.0 Å². The van der Waals surface area contributed by atoms with Crippen molar-refractivity contribution >= 4 is 96.0 Å². The SMILES string of the molecule is C1=Cc2ccc(-c3ccc(-c4c5ccc(N6c7ccccc7Sc7ccccc76)cc5c(-c5ccc(-c6ccc7ccccc7c6)cc5)c5ccc(N6c7ccccc7Sc7ccccc76)cc45)cc3)cc2CC1. The van der Waals surface area contributed by atoms with Crippen molar-refractivity contribution in [2.24, 2.45) is 0 Å². The summed E-state index contributed by atoms with van der Waals surface area (Å²) >= 11 is 3.69. The van der Waals surface area contributed by atoms with E-state index in [0.29, 0.717) is 0 Å². The maximum absolute atomic E-state index is 2.47. The van der Waals surface area contributed by atoms with E-state index in [4.69, 9.17) is 0 Å². The van der Waals surface area contributed by atoms with Crippen LogP contribution in [0.2, 0.25) is 0 Å². The molecule has 74 heavy (non-hydrogen) atoms. The monoisotopic (exact) mass is 978 g/mol. The molecule has 2 nitrogen and oxygen atoms in total. The lowest BCUT2D eigenvalue weighted by Crippen LogP contribution is -2.15. The van der Waals surface area contributed by atoms with Crippen LogP contribution in [-0.4, -0.2) is 0 Å². The molecule has 0 saturated heterocycles. The van der Waals surface area contributed by atoms with Crippen molar-refractivity contribution in [3.8, 4) is 44.5 Å². The molecule has 12 aromatic rings. The van der Waals surface area contributed by atoms with Gasteiger partial charge < -0.3 is 9.80 Å². The highest BCUT2D eigenvalue weighted by Gasteiger charge is 2.28. The molecule has 0 amide bonds. The second kappa shape index (κ2) is 17.6. The Labute approximate surface area is 439 Å². The number of benzene rings is 12. The minimum atomic E-state index is 1.08. The fourth-order valence-electron chi connectivity index (χ4n) is 11.7. The molecule has 1 aliphatic carbocycles. The fourth-order valence-corrected chi connectivity index (χ4v) is 13.8. The Balaban J connectivity index is 0.991. The van der Waals surface area contributed by atoms with E-state index in [1.165, 1.54) is 130 Å². The first-order valence-electron chi connectivity index (χ1n) is 25.5. The molecule has 0 bridgehead atoms. The predicted octanol–water partition coefficient (Wildman–Crippen LogP) is 20.6. The second-order valence-electron chi connectivity index (χ2n) is 19.5. The standard InChI is InChI=1S/C70H46N2S2/c1-3-15-51-41-53(35-29-45(51)13-1)47-25-31-49(32-26-47)69-57-39-37-56(72-63-19-7-11-23-67(63)74-68-24-12-8-20-64(68)72)44-60(57)70(50-33-27-48(28-34-50)54-36-30-46-14-2-4-16-52(46)42-54)58-40-38-55(43-59(58)69)71-61-17-5-9-21-65(61)73-66-22-10-6-18-62(66)71/h1-3,5-15,17-44H,4,16H2. The number of para-hydroxylation sites is 4. The molecule has 15 rings (SSSR count). The third kappa shape index (κ3) is 7.20. The maximum atomic E-state index is 2.47. The maximum Gasteiger partial charge on any atom is 0.0601 e. The zero-order valence-corrected chi connectivity index (χ0v) is 42.0. The van der Waals surface area contributed by atoms with Gasteiger partial charge in [-0.05, 0) is 180 Å². The molecular weight excluding hydrogens is 933 g/mol. The molecule has 3 aliphatic rings. The summed E-state index contributed by atoms with van der Waals surface area (Å²) in [5.74, 6) is 0. The first-order chi connectivity index (χ1) is 36.7. The smallest absolute Gasteiger partial charge is 0.0601 e. The highest BCUT2D eigenvalue weighted by Crippen LogP contribution is 2.55. The van der Waals surface area contributed by atoms with E-state index in [9.17, 15) is 0 Å². The van der Waals surface area contributed by atoms with Crippen LogP contribution in [0.1, 0.15) is 17.5 Å². The van der Waals surface area contributed by atoms with E-state index >= 15 is 0 Å². The van der Waals surface area contributed by atoms with Crippen LogP contribution < -0.4 is 9.80 Å². The third-order valence-corrected chi connectivity index (χ3v) is 17.5. The van der Waals surface area contributed by atoms with Crippen molar-refractivity contribution in [1.82, 2.24) is 0 Å². The van der Waals surface area contributed by atoms with Gasteiger partial charge in [0.25, 0.3) is 0 Å². The summed E-state index contributed by atoms with van der Waals surface area (Å²) in [6.45, 7) is 0. The highest BCUT2D eigenvalue weighted by molar-refractivity contribution is 8.00. The normalized spacial score (nSPS) is 13.4. The Morgan fingerprint density at radius 1 is 0.311 bits per heavy atom. The van der Waals surface area contributed by atoms with Crippen LogP contribution in [0.3, 0.4) is 0 Å². The van der Waals surface area contributed by atoms with Gasteiger partial charge in [0.2, 0.25) is 0 Å². The Bertz CT molecular complexity index is 4180. The van der Waals surface area contributed by atoms with Crippen molar-refractivity contribution < 1.29 is 0 Å². The van der Waals surface area contributed by atoms with Gasteiger partial charge in [-0.1, -0.05) is 199 Å². The number of hydrogen-bond donors (Lipinski definition) is 0. The minimum Gasteiger partial charge on any atom is -0.308 e. The molecule has 0 spiro atoms. The van der Waals surface area contributed by atoms with Crippen LogP contribution in [0.15, 0.2) is 268 Å². The highest BCUT2D eigenvalue weighted by atomic mass is 32.2. The van der Waals surface area contributed by atoms with E-state index in [2.05, 4.69) is 265 Å². The fraction of sp³-hybridized carbons (Fsp3) is 0.0286. The zero-order chi connectivity index (χ0) is 48.7. The minimum absolute atomic E-state index is 1.08. The largest absolute Gasteiger partial charge is 0.308 e. The van der Waals surface area contributed by atoms with Crippen LogP contribution in [0.4, 0.5) is 34.1 Å². The van der Waals surface area contributed by atoms with E-state index in [0.717, 1.165) is 24.2 Å². The molecule has 2 heterocycles. The van der Waals surface area contributed by atoms with Gasteiger partial charge in [0.15, 0.2) is 0 Å². The summed E-state index contributed by atoms with van der Waals surface area (Å²) in [6.07, 6.45) is 6.73. The molecular formula is C70H46N2S2. The molecule has 0 unspecified atom stereocenters. The number of nitrogens with zero attached hydrogens (tertiary/aromatic N) is 2. The third-order valence-electron chi connectivity index (χ3n) is 15.2. The van der Waals surface area contributed by atoms with Gasteiger partial charge in [-0.2, -0.15) is 0 Å². The topological polar surface area (TPSA) is 6.48 Å². The number of allylic oxidation sites excluding steroid dienone is 1. The summed E-state index contributed by atoms with van der Waals surface area (Å²) in [5, 5.41) is 7.34. The summed E-state index contributed by atoms with van der Waals surface area (Å²) in [4.78, 5) is 9.92. The lowest BCUT2D eigenvalue weighted by Gasteiger charge is -2.34. The first kappa shape index (κ1) is 43.1. The van der Waals surface area contributed by atoms with Gasteiger partial charge in [0.05, 0.1) is 22.7 Å². The van der Waals surface area contributed by atoms with Crippen LogP contribution >= 0.6 is 23.5 Å². The Kier molecular flexibility index (Phi) is 10.2. The molecule has 0 atom stereocenters. The average Bonchev–Trinajstić information content (AvgIpc) is 3.47. The van der Waals surface area contributed by atoms with Crippen molar-refractivity contribution in [2.75, 3.05) is 9.80 Å². The van der Waals surface area contributed by atoms with E-state index < -0.39 is 0 Å². The van der Waals surface area contributed by atoms with E-state index in [-0.39, 0.29) is 0 Å². The quantitative estimate of drug-likeness (QED) is 0.153. The lowest BCUT2D eigenvalue weighted by molar-refractivity contribution is 0.986. The molecule has 0 fully saturated rings. The zero-order valence-electron chi connectivity index (χ0n) is 40.4. The Morgan fingerprint density at radius 3 is 1.24 bits per heavy atom. The summed E-state index contributed by atoms with van der Waals surface area (Å²) in [7, 11) is 0. The van der Waals surface area contributed by atoms with Gasteiger partial charge in [-0.15, -0.1) is 0 Å². The van der Waals surface area contributed by atoms with E-state index in [1.54, 1.807) is 0 Å². The molecule has 0 radical (unpaired) electrons. The van der Waals surface area contributed by atoms with Gasteiger partial charge in [-0.3, -0.25) is 0 Å². The van der Waals surface area contributed by atoms with Gasteiger partial charge in [-0.25, -0.2) is 0 Å². The lowest BCUT2D eigenvalue weighted by atomic mass is 9.84. The molecule has 4 heteroatoms. The van der Waals surface area contributed by atoms with Crippen LogP contribution in [0.5, 0.6) is 0 Å². The molecule has 348 valence electrons. The van der Waals surface area contributed by atoms with Crippen molar-refractivity contribution in [3.05, 3.63) is 260 Å². The van der Waals surface area contributed by atoms with Crippen molar-refractivity contribution in [2.45, 2.75) is 32.4 Å². The van der Waals surface area contributed by atoms with Crippen LogP contribution in [0.25, 0.3) is 82.9 Å². The Morgan fingerprint density at radius 2 is 0.730 bits per heavy atom. The summed E-state index contributed by atoms with van der Waals surface area (Å²) < 4.78 is 0. The predicted molar refractivity (Wildman–Crippen MR) is 316 cm³/mol. The van der Waals surface area contributed by atoms with Crippen molar-refractivity contribution in [1.29, 1.82) is 0 Å². The number of aryl methyl sites for hydroxylation is 1. The summed E-state index contributed by atoms with van der Waals surface area (Å²) in [5.41, 5.74) is 19.5. The number of rotatable bonds is 6. The van der Waals surface area contributed by atoms with Crippen LogP contribution in [-0.2, 0) is 6.42 Å². The summed E-state index contributed by atoms with van der Waals surface area (Å²) in [6, 6.07) is 90.8.